The van der Waals surface area contributed by atoms with Crippen LogP contribution in [0.3, 0.4) is 0 Å². The van der Waals surface area contributed by atoms with Crippen LogP contribution in [0.1, 0.15) is 37.3 Å². The van der Waals surface area contributed by atoms with Crippen molar-refractivity contribution >= 4 is 0 Å². The Hall–Kier alpha value is -1.04. The fourth-order valence-electron chi connectivity index (χ4n) is 1.00. The lowest BCUT2D eigenvalue weighted by Gasteiger charge is -2.02. The molecule has 1 aromatic rings. The van der Waals surface area contributed by atoms with Gasteiger partial charge in [-0.3, -0.25) is 0 Å². The number of aliphatic hydroxyl groups is 1. The van der Waals surface area contributed by atoms with Crippen molar-refractivity contribution < 1.29 is 22.8 Å². The lowest BCUT2D eigenvalue weighted by Crippen LogP contribution is -2.02. The molecule has 0 aliphatic rings. The Balaban J connectivity index is 2.78. The van der Waals surface area contributed by atoms with Crippen molar-refractivity contribution in [2.45, 2.75) is 32.0 Å². The van der Waals surface area contributed by atoms with E-state index in [1.165, 1.54) is 0 Å². The molecule has 1 atom stereocenters. The molecular weight excluding hydrogens is 199 g/mol. The SMILES string of the molecule is CCCC(O)c1cc(C(F)(F)F)on1. The van der Waals surface area contributed by atoms with E-state index in [9.17, 15) is 18.3 Å². The minimum absolute atomic E-state index is 0.0702. The molecule has 0 bridgehead atoms. The van der Waals surface area contributed by atoms with Gasteiger partial charge in [0.15, 0.2) is 0 Å². The van der Waals surface area contributed by atoms with Crippen LogP contribution in [0.25, 0.3) is 0 Å². The Morgan fingerprint density at radius 1 is 1.57 bits per heavy atom. The zero-order chi connectivity index (χ0) is 10.8. The number of hydrogen-bond donors (Lipinski definition) is 1. The summed E-state index contributed by atoms with van der Waals surface area (Å²) in [5, 5.41) is 12.5. The lowest BCUT2D eigenvalue weighted by molar-refractivity contribution is -0.155. The van der Waals surface area contributed by atoms with Crippen molar-refractivity contribution in [1.29, 1.82) is 0 Å². The van der Waals surface area contributed by atoms with E-state index in [0.29, 0.717) is 12.8 Å². The van der Waals surface area contributed by atoms with Gasteiger partial charge in [0.1, 0.15) is 5.69 Å². The van der Waals surface area contributed by atoms with E-state index in [-0.39, 0.29) is 5.69 Å². The van der Waals surface area contributed by atoms with E-state index < -0.39 is 18.0 Å². The van der Waals surface area contributed by atoms with Gasteiger partial charge in [-0.25, -0.2) is 0 Å². The Labute approximate surface area is 78.5 Å². The molecule has 0 spiro atoms. The molecule has 14 heavy (non-hydrogen) atoms. The lowest BCUT2D eigenvalue weighted by atomic mass is 10.1. The van der Waals surface area contributed by atoms with E-state index in [4.69, 9.17) is 0 Å². The molecule has 1 unspecified atom stereocenters. The van der Waals surface area contributed by atoms with Crippen molar-refractivity contribution in [3.63, 3.8) is 0 Å². The second kappa shape index (κ2) is 4.00. The summed E-state index contributed by atoms with van der Waals surface area (Å²) in [6, 6.07) is 0.723. The smallest absolute Gasteiger partial charge is 0.387 e. The van der Waals surface area contributed by atoms with Crippen LogP contribution in [0.5, 0.6) is 0 Å². The molecule has 1 aromatic heterocycles. The molecular formula is C8H10F3NO2. The van der Waals surface area contributed by atoms with E-state index >= 15 is 0 Å². The second-order valence-electron chi connectivity index (χ2n) is 2.92. The largest absolute Gasteiger partial charge is 0.452 e. The van der Waals surface area contributed by atoms with Gasteiger partial charge in [0.2, 0.25) is 5.76 Å². The van der Waals surface area contributed by atoms with Crippen molar-refractivity contribution in [2.24, 2.45) is 0 Å². The minimum Gasteiger partial charge on any atom is -0.387 e. The van der Waals surface area contributed by atoms with Crippen molar-refractivity contribution in [2.75, 3.05) is 0 Å². The number of aromatic nitrogens is 1. The fourth-order valence-corrected chi connectivity index (χ4v) is 1.00. The summed E-state index contributed by atoms with van der Waals surface area (Å²) in [6.45, 7) is 1.81. The monoisotopic (exact) mass is 209 g/mol. The van der Waals surface area contributed by atoms with Crippen LogP contribution in [0.15, 0.2) is 10.6 Å². The average molecular weight is 209 g/mol. The number of hydrogen-bond acceptors (Lipinski definition) is 3. The number of rotatable bonds is 3. The summed E-state index contributed by atoms with van der Waals surface area (Å²) in [7, 11) is 0. The van der Waals surface area contributed by atoms with Crippen LogP contribution < -0.4 is 0 Å². The molecule has 1 rings (SSSR count). The maximum Gasteiger partial charge on any atom is 0.452 e. The molecule has 0 radical (unpaired) electrons. The molecule has 0 saturated carbocycles. The van der Waals surface area contributed by atoms with Crippen LogP contribution in [-0.4, -0.2) is 10.3 Å². The first kappa shape index (κ1) is 11.0. The molecule has 0 aliphatic heterocycles. The van der Waals surface area contributed by atoms with Crippen LogP contribution in [0, 0.1) is 0 Å². The van der Waals surface area contributed by atoms with Gasteiger partial charge in [-0.05, 0) is 6.42 Å². The van der Waals surface area contributed by atoms with Gasteiger partial charge in [0, 0.05) is 6.07 Å². The third kappa shape index (κ3) is 2.47. The highest BCUT2D eigenvalue weighted by Gasteiger charge is 2.36. The average Bonchev–Trinajstić information content (AvgIpc) is 2.51. The van der Waals surface area contributed by atoms with E-state index in [1.54, 1.807) is 0 Å². The normalized spacial score (nSPS) is 14.4. The Morgan fingerprint density at radius 2 is 2.21 bits per heavy atom. The van der Waals surface area contributed by atoms with Crippen LogP contribution in [0.4, 0.5) is 13.2 Å². The summed E-state index contributed by atoms with van der Waals surface area (Å²) < 4.78 is 40.2. The fraction of sp³-hybridized carbons (Fsp3) is 0.625. The number of nitrogens with zero attached hydrogens (tertiary/aromatic N) is 1. The molecule has 0 saturated heterocycles. The highest BCUT2D eigenvalue weighted by Crippen LogP contribution is 2.31. The van der Waals surface area contributed by atoms with Gasteiger partial charge in [-0.1, -0.05) is 18.5 Å². The van der Waals surface area contributed by atoms with E-state index in [0.717, 1.165) is 6.07 Å². The number of halogens is 3. The summed E-state index contributed by atoms with van der Waals surface area (Å²) in [5.41, 5.74) is -0.0702. The van der Waals surface area contributed by atoms with Gasteiger partial charge in [0.05, 0.1) is 6.10 Å². The molecule has 1 N–H and O–H groups in total. The molecule has 3 nitrogen and oxygen atoms in total. The Bertz CT molecular complexity index is 295. The summed E-state index contributed by atoms with van der Waals surface area (Å²) >= 11 is 0. The third-order valence-electron chi connectivity index (χ3n) is 1.71. The first-order chi connectivity index (χ1) is 6.45. The van der Waals surface area contributed by atoms with Gasteiger partial charge in [-0.2, -0.15) is 13.2 Å². The van der Waals surface area contributed by atoms with Gasteiger partial charge < -0.3 is 9.63 Å². The van der Waals surface area contributed by atoms with Crippen LogP contribution in [0.2, 0.25) is 0 Å². The predicted molar refractivity (Wildman–Crippen MR) is 41.4 cm³/mol. The van der Waals surface area contributed by atoms with Gasteiger partial charge in [-0.15, -0.1) is 0 Å². The summed E-state index contributed by atoms with van der Waals surface area (Å²) in [5.74, 6) is -1.18. The maximum atomic E-state index is 12.0. The number of aliphatic hydroxyl groups excluding tert-OH is 1. The Kier molecular flexibility index (Phi) is 3.15. The zero-order valence-corrected chi connectivity index (χ0v) is 7.51. The van der Waals surface area contributed by atoms with Crippen LogP contribution in [-0.2, 0) is 6.18 Å². The summed E-state index contributed by atoms with van der Waals surface area (Å²) in [4.78, 5) is 0. The molecule has 1 heterocycles. The zero-order valence-electron chi connectivity index (χ0n) is 7.51. The second-order valence-corrected chi connectivity index (χ2v) is 2.92. The first-order valence-electron chi connectivity index (χ1n) is 4.17. The van der Waals surface area contributed by atoms with E-state index in [1.807, 2.05) is 6.92 Å². The van der Waals surface area contributed by atoms with Crippen molar-refractivity contribution in [3.05, 3.63) is 17.5 Å². The van der Waals surface area contributed by atoms with E-state index in [2.05, 4.69) is 9.68 Å². The molecule has 0 amide bonds. The molecule has 80 valence electrons. The standard InChI is InChI=1S/C8H10F3NO2/c1-2-3-6(13)5-4-7(14-12-5)8(9,10)11/h4,6,13H,2-3H2,1H3. The van der Waals surface area contributed by atoms with Crippen LogP contribution >= 0.6 is 0 Å². The highest BCUT2D eigenvalue weighted by molar-refractivity contribution is 5.10. The topological polar surface area (TPSA) is 46.3 Å². The van der Waals surface area contributed by atoms with Gasteiger partial charge >= 0.3 is 6.18 Å². The molecule has 6 heteroatoms. The number of alkyl halides is 3. The molecule has 0 aromatic carbocycles. The van der Waals surface area contributed by atoms with Crippen molar-refractivity contribution in [3.8, 4) is 0 Å². The minimum atomic E-state index is -4.54. The third-order valence-corrected chi connectivity index (χ3v) is 1.71. The summed E-state index contributed by atoms with van der Waals surface area (Å²) in [6.07, 6.45) is -4.50. The van der Waals surface area contributed by atoms with Crippen molar-refractivity contribution in [1.82, 2.24) is 5.16 Å². The van der Waals surface area contributed by atoms with Gasteiger partial charge in [0.25, 0.3) is 0 Å². The highest BCUT2D eigenvalue weighted by atomic mass is 19.4. The Morgan fingerprint density at radius 3 is 2.64 bits per heavy atom. The predicted octanol–water partition coefficient (Wildman–Crippen LogP) is 2.53. The maximum absolute atomic E-state index is 12.0. The quantitative estimate of drug-likeness (QED) is 0.831. The first-order valence-corrected chi connectivity index (χ1v) is 4.17. The molecule has 0 aliphatic carbocycles. The molecule has 0 fully saturated rings.